The van der Waals surface area contributed by atoms with Crippen LogP contribution in [0.3, 0.4) is 0 Å². The number of carboxylic acids is 1. The number of nitrogens with one attached hydrogen (secondary N) is 1. The van der Waals surface area contributed by atoms with Crippen LogP contribution in [0.5, 0.6) is 0 Å². The van der Waals surface area contributed by atoms with E-state index in [1.165, 1.54) is 37.3 Å². The summed E-state index contributed by atoms with van der Waals surface area (Å²) in [4.78, 5) is 33.4. The monoisotopic (exact) mass is 313 g/mol. The maximum atomic E-state index is 12.2. The number of anilines is 1. The Hall–Kier alpha value is -3.22. The summed E-state index contributed by atoms with van der Waals surface area (Å²) in [5.41, 5.74) is 1.51. The van der Waals surface area contributed by atoms with Gasteiger partial charge in [-0.05, 0) is 43.2 Å². The van der Waals surface area contributed by atoms with E-state index >= 15 is 0 Å². The maximum Gasteiger partial charge on any atom is 0.272 e. The summed E-state index contributed by atoms with van der Waals surface area (Å²) in [5.74, 6) is -1.83. The fourth-order valence-corrected chi connectivity index (χ4v) is 2.08. The van der Waals surface area contributed by atoms with E-state index in [4.69, 9.17) is 0 Å². The summed E-state index contributed by atoms with van der Waals surface area (Å²) < 4.78 is 0. The van der Waals surface area contributed by atoms with Gasteiger partial charge in [-0.1, -0.05) is 12.1 Å². The molecule has 0 atom stereocenters. The fourth-order valence-electron chi connectivity index (χ4n) is 2.08. The molecule has 0 aliphatic rings. The molecule has 0 heterocycles. The standard InChI is InChI=1S/C16H14N2O5/c1-9-3-4-12(16(20)21)8-13(9)17-15(19)11-5-6-14(18(22)23)10(2)7-11/h3-8H,1-2H3,(H,17,19)(H,20,21)/p-1. The first-order valence-electron chi connectivity index (χ1n) is 6.68. The lowest BCUT2D eigenvalue weighted by atomic mass is 10.1. The van der Waals surface area contributed by atoms with Crippen molar-refractivity contribution in [1.29, 1.82) is 0 Å². The Labute approximate surface area is 131 Å². The summed E-state index contributed by atoms with van der Waals surface area (Å²) in [6, 6.07) is 8.26. The third-order valence-corrected chi connectivity index (χ3v) is 3.38. The van der Waals surface area contributed by atoms with E-state index in [0.717, 1.165) is 0 Å². The number of nitro benzene ring substituents is 1. The average molecular weight is 313 g/mol. The summed E-state index contributed by atoms with van der Waals surface area (Å²) in [6.07, 6.45) is 0. The van der Waals surface area contributed by atoms with Crippen LogP contribution in [-0.2, 0) is 0 Å². The third kappa shape index (κ3) is 3.52. The molecule has 0 spiro atoms. The Bertz CT molecular complexity index is 814. The van der Waals surface area contributed by atoms with Crippen molar-refractivity contribution in [3.63, 3.8) is 0 Å². The molecule has 1 N–H and O–H groups in total. The average Bonchev–Trinajstić information content (AvgIpc) is 2.48. The van der Waals surface area contributed by atoms with Crippen molar-refractivity contribution in [3.05, 3.63) is 68.8 Å². The predicted octanol–water partition coefficient (Wildman–Crippen LogP) is 1.83. The Kier molecular flexibility index (Phi) is 4.40. The zero-order chi connectivity index (χ0) is 17.1. The number of carbonyl (C=O) groups is 2. The van der Waals surface area contributed by atoms with Gasteiger partial charge in [0.25, 0.3) is 11.6 Å². The van der Waals surface area contributed by atoms with Crippen molar-refractivity contribution in [1.82, 2.24) is 0 Å². The number of hydrogen-bond acceptors (Lipinski definition) is 5. The minimum atomic E-state index is -1.34. The van der Waals surface area contributed by atoms with Gasteiger partial charge in [0.2, 0.25) is 0 Å². The van der Waals surface area contributed by atoms with Crippen molar-refractivity contribution in [3.8, 4) is 0 Å². The van der Waals surface area contributed by atoms with Crippen LogP contribution in [0.1, 0.15) is 31.8 Å². The van der Waals surface area contributed by atoms with Crippen molar-refractivity contribution >= 4 is 23.3 Å². The molecule has 0 aromatic heterocycles. The molecule has 2 aromatic carbocycles. The zero-order valence-corrected chi connectivity index (χ0v) is 12.5. The molecule has 23 heavy (non-hydrogen) atoms. The Morgan fingerprint density at radius 1 is 1.00 bits per heavy atom. The van der Waals surface area contributed by atoms with Gasteiger partial charge in [-0.3, -0.25) is 14.9 Å². The van der Waals surface area contributed by atoms with Crippen molar-refractivity contribution in [2.75, 3.05) is 5.32 Å². The second kappa shape index (κ2) is 6.27. The van der Waals surface area contributed by atoms with Crippen LogP contribution in [0.25, 0.3) is 0 Å². The van der Waals surface area contributed by atoms with Crippen LogP contribution in [0.15, 0.2) is 36.4 Å². The topological polar surface area (TPSA) is 112 Å². The largest absolute Gasteiger partial charge is 0.545 e. The SMILES string of the molecule is Cc1ccc(C(=O)[O-])cc1NC(=O)c1ccc([N+](=O)[O-])c(C)c1. The number of hydrogen-bond donors (Lipinski definition) is 1. The van der Waals surface area contributed by atoms with Gasteiger partial charge < -0.3 is 15.2 Å². The van der Waals surface area contributed by atoms with Crippen LogP contribution >= 0.6 is 0 Å². The number of nitro groups is 1. The van der Waals surface area contributed by atoms with Gasteiger partial charge in [-0.2, -0.15) is 0 Å². The normalized spacial score (nSPS) is 10.2. The zero-order valence-electron chi connectivity index (χ0n) is 12.5. The second-order valence-electron chi connectivity index (χ2n) is 5.03. The number of carbonyl (C=O) groups excluding carboxylic acids is 2. The van der Waals surface area contributed by atoms with Crippen LogP contribution in [0, 0.1) is 24.0 Å². The minimum Gasteiger partial charge on any atom is -0.545 e. The molecule has 0 saturated carbocycles. The van der Waals surface area contributed by atoms with Crippen molar-refractivity contribution in [2.45, 2.75) is 13.8 Å². The van der Waals surface area contributed by atoms with E-state index < -0.39 is 16.8 Å². The fraction of sp³-hybridized carbons (Fsp3) is 0.125. The van der Waals surface area contributed by atoms with E-state index in [9.17, 15) is 24.8 Å². The number of aryl methyl sites for hydroxylation is 2. The van der Waals surface area contributed by atoms with Crippen LogP contribution in [-0.4, -0.2) is 16.8 Å². The molecular formula is C16H13N2O5-. The van der Waals surface area contributed by atoms with Gasteiger partial charge in [0, 0.05) is 22.9 Å². The highest BCUT2D eigenvalue weighted by molar-refractivity contribution is 6.05. The molecule has 7 heteroatoms. The van der Waals surface area contributed by atoms with E-state index in [0.29, 0.717) is 16.8 Å². The molecule has 0 radical (unpaired) electrons. The van der Waals surface area contributed by atoms with Crippen LogP contribution < -0.4 is 10.4 Å². The number of nitrogens with zero attached hydrogens (tertiary/aromatic N) is 1. The molecule has 0 unspecified atom stereocenters. The number of rotatable bonds is 4. The van der Waals surface area contributed by atoms with E-state index in [1.807, 2.05) is 0 Å². The number of carboxylic acid groups (broad SMARTS) is 1. The molecule has 0 fully saturated rings. The summed E-state index contributed by atoms with van der Waals surface area (Å²) in [6.45, 7) is 3.26. The highest BCUT2D eigenvalue weighted by atomic mass is 16.6. The smallest absolute Gasteiger partial charge is 0.272 e. The van der Waals surface area contributed by atoms with Crippen LogP contribution in [0.2, 0.25) is 0 Å². The molecular weight excluding hydrogens is 300 g/mol. The van der Waals surface area contributed by atoms with Gasteiger partial charge in [0.05, 0.1) is 10.9 Å². The maximum absolute atomic E-state index is 12.2. The van der Waals surface area contributed by atoms with E-state index in [2.05, 4.69) is 5.32 Å². The van der Waals surface area contributed by atoms with Gasteiger partial charge in [-0.15, -0.1) is 0 Å². The lowest BCUT2D eigenvalue weighted by Crippen LogP contribution is -2.22. The Balaban J connectivity index is 2.29. The Morgan fingerprint density at radius 3 is 2.22 bits per heavy atom. The molecule has 2 aromatic rings. The van der Waals surface area contributed by atoms with Gasteiger partial charge >= 0.3 is 0 Å². The first-order chi connectivity index (χ1) is 10.8. The highest BCUT2D eigenvalue weighted by Crippen LogP contribution is 2.21. The van der Waals surface area contributed by atoms with Gasteiger partial charge in [0.1, 0.15) is 0 Å². The van der Waals surface area contributed by atoms with Gasteiger partial charge in [-0.25, -0.2) is 0 Å². The number of aromatic carboxylic acids is 1. The molecule has 0 aliphatic carbocycles. The Morgan fingerprint density at radius 2 is 1.65 bits per heavy atom. The van der Waals surface area contributed by atoms with E-state index in [-0.39, 0.29) is 16.8 Å². The molecule has 7 nitrogen and oxygen atoms in total. The predicted molar refractivity (Wildman–Crippen MR) is 81.3 cm³/mol. The molecule has 0 aliphatic heterocycles. The first-order valence-corrected chi connectivity index (χ1v) is 6.68. The van der Waals surface area contributed by atoms with E-state index in [1.54, 1.807) is 13.0 Å². The molecule has 2 rings (SSSR count). The first kappa shape index (κ1) is 16.2. The highest BCUT2D eigenvalue weighted by Gasteiger charge is 2.14. The summed E-state index contributed by atoms with van der Waals surface area (Å²) >= 11 is 0. The number of benzene rings is 2. The van der Waals surface area contributed by atoms with Crippen LogP contribution in [0.4, 0.5) is 11.4 Å². The lowest BCUT2D eigenvalue weighted by Gasteiger charge is -2.11. The third-order valence-electron chi connectivity index (χ3n) is 3.38. The second-order valence-corrected chi connectivity index (χ2v) is 5.03. The van der Waals surface area contributed by atoms with Gasteiger partial charge in [0.15, 0.2) is 0 Å². The molecule has 118 valence electrons. The minimum absolute atomic E-state index is 0.0502. The number of amides is 1. The van der Waals surface area contributed by atoms with Crippen molar-refractivity contribution in [2.24, 2.45) is 0 Å². The quantitative estimate of drug-likeness (QED) is 0.683. The molecule has 0 bridgehead atoms. The lowest BCUT2D eigenvalue weighted by molar-refractivity contribution is -0.385. The molecule has 0 saturated heterocycles. The molecule has 1 amide bonds. The summed E-state index contributed by atoms with van der Waals surface area (Å²) in [5, 5.41) is 24.3. The summed E-state index contributed by atoms with van der Waals surface area (Å²) in [7, 11) is 0. The van der Waals surface area contributed by atoms with Crippen molar-refractivity contribution < 1.29 is 19.6 Å².